The summed E-state index contributed by atoms with van der Waals surface area (Å²) in [5.74, 6) is -0.262. The van der Waals surface area contributed by atoms with Crippen LogP contribution in [-0.4, -0.2) is 55.3 Å². The topological polar surface area (TPSA) is 52.7 Å². The summed E-state index contributed by atoms with van der Waals surface area (Å²) in [6.07, 6.45) is 0. The second-order valence-corrected chi connectivity index (χ2v) is 7.09. The SMILES string of the molecule is CC(=O)N(CCN(C)C)CC(=O)Nc1ccccc1C(C)(C)C. The molecule has 23 heavy (non-hydrogen) atoms. The van der Waals surface area contributed by atoms with E-state index in [0.717, 1.165) is 17.8 Å². The molecule has 0 saturated carbocycles. The maximum absolute atomic E-state index is 12.3. The first-order valence-electron chi connectivity index (χ1n) is 7.91. The van der Waals surface area contributed by atoms with Gasteiger partial charge < -0.3 is 15.1 Å². The Kier molecular flexibility index (Phi) is 6.76. The molecule has 0 saturated heterocycles. The van der Waals surface area contributed by atoms with Crippen LogP contribution in [0.2, 0.25) is 0 Å². The second kappa shape index (κ2) is 8.11. The minimum absolute atomic E-state index is 0.0605. The number of benzene rings is 1. The van der Waals surface area contributed by atoms with Crippen molar-refractivity contribution in [3.05, 3.63) is 29.8 Å². The lowest BCUT2D eigenvalue weighted by atomic mass is 9.86. The van der Waals surface area contributed by atoms with Gasteiger partial charge >= 0.3 is 0 Å². The highest BCUT2D eigenvalue weighted by molar-refractivity contribution is 5.95. The molecule has 0 radical (unpaired) electrons. The first-order chi connectivity index (χ1) is 10.6. The zero-order valence-electron chi connectivity index (χ0n) is 15.1. The molecular formula is C18H29N3O2. The first kappa shape index (κ1) is 19.2. The highest BCUT2D eigenvalue weighted by atomic mass is 16.2. The normalized spacial score (nSPS) is 11.4. The summed E-state index contributed by atoms with van der Waals surface area (Å²) in [6, 6.07) is 7.79. The molecule has 0 spiro atoms. The third-order valence-corrected chi connectivity index (χ3v) is 3.61. The highest BCUT2D eigenvalue weighted by Crippen LogP contribution is 2.29. The van der Waals surface area contributed by atoms with Gasteiger partial charge in [-0.25, -0.2) is 0 Å². The number of carbonyl (C=O) groups is 2. The Balaban J connectivity index is 2.78. The van der Waals surface area contributed by atoms with Crippen LogP contribution < -0.4 is 5.32 Å². The molecular weight excluding hydrogens is 290 g/mol. The Hall–Kier alpha value is -1.88. The lowest BCUT2D eigenvalue weighted by Crippen LogP contribution is -2.40. The van der Waals surface area contributed by atoms with E-state index in [1.54, 1.807) is 4.90 Å². The molecule has 0 bridgehead atoms. The number of para-hydroxylation sites is 1. The minimum atomic E-state index is -0.171. The summed E-state index contributed by atoms with van der Waals surface area (Å²) in [5, 5.41) is 2.94. The number of hydrogen-bond donors (Lipinski definition) is 1. The van der Waals surface area contributed by atoms with Gasteiger partial charge in [-0.2, -0.15) is 0 Å². The van der Waals surface area contributed by atoms with Crippen LogP contribution in [0.1, 0.15) is 33.3 Å². The third kappa shape index (κ3) is 6.40. The number of nitrogens with one attached hydrogen (secondary N) is 1. The van der Waals surface area contributed by atoms with E-state index in [4.69, 9.17) is 0 Å². The van der Waals surface area contributed by atoms with Crippen LogP contribution in [0.25, 0.3) is 0 Å². The molecule has 0 unspecified atom stereocenters. The molecule has 0 fully saturated rings. The number of anilines is 1. The van der Waals surface area contributed by atoms with Crippen LogP contribution in [0.4, 0.5) is 5.69 Å². The van der Waals surface area contributed by atoms with Gasteiger partial charge in [0.25, 0.3) is 0 Å². The fraction of sp³-hybridized carbons (Fsp3) is 0.556. The van der Waals surface area contributed by atoms with Crippen molar-refractivity contribution in [2.75, 3.05) is 39.0 Å². The molecule has 1 aromatic rings. The lowest BCUT2D eigenvalue weighted by molar-refractivity contribution is -0.132. The molecule has 0 heterocycles. The number of amides is 2. The lowest BCUT2D eigenvalue weighted by Gasteiger charge is -2.25. The molecule has 5 nitrogen and oxygen atoms in total. The summed E-state index contributed by atoms with van der Waals surface area (Å²) in [6.45, 7) is 9.15. The van der Waals surface area contributed by atoms with E-state index in [-0.39, 0.29) is 23.8 Å². The molecule has 0 aromatic heterocycles. The van der Waals surface area contributed by atoms with Gasteiger partial charge in [0.1, 0.15) is 0 Å². The number of hydrogen-bond acceptors (Lipinski definition) is 3. The van der Waals surface area contributed by atoms with E-state index in [1.807, 2.05) is 43.3 Å². The van der Waals surface area contributed by atoms with Crippen LogP contribution in [-0.2, 0) is 15.0 Å². The average Bonchev–Trinajstić information content (AvgIpc) is 2.42. The molecule has 0 atom stereocenters. The number of rotatable bonds is 6. The van der Waals surface area contributed by atoms with Crippen molar-refractivity contribution in [1.82, 2.24) is 9.80 Å². The third-order valence-electron chi connectivity index (χ3n) is 3.61. The summed E-state index contributed by atoms with van der Waals surface area (Å²) in [7, 11) is 3.88. The van der Waals surface area contributed by atoms with E-state index >= 15 is 0 Å². The quantitative estimate of drug-likeness (QED) is 0.875. The zero-order chi connectivity index (χ0) is 17.6. The number of nitrogens with zero attached hydrogens (tertiary/aromatic N) is 2. The Morgan fingerprint density at radius 1 is 1.09 bits per heavy atom. The van der Waals surface area contributed by atoms with Gasteiger partial charge in [-0.15, -0.1) is 0 Å². The van der Waals surface area contributed by atoms with E-state index < -0.39 is 0 Å². The van der Waals surface area contributed by atoms with Gasteiger partial charge in [-0.1, -0.05) is 39.0 Å². The predicted octanol–water partition coefficient (Wildman–Crippen LogP) is 2.33. The molecule has 0 aliphatic rings. The molecule has 0 aliphatic heterocycles. The summed E-state index contributed by atoms with van der Waals surface area (Å²) >= 11 is 0. The van der Waals surface area contributed by atoms with Crippen molar-refractivity contribution in [3.63, 3.8) is 0 Å². The second-order valence-electron chi connectivity index (χ2n) is 7.09. The zero-order valence-corrected chi connectivity index (χ0v) is 15.1. The predicted molar refractivity (Wildman–Crippen MR) is 94.6 cm³/mol. The van der Waals surface area contributed by atoms with Crippen molar-refractivity contribution < 1.29 is 9.59 Å². The summed E-state index contributed by atoms with van der Waals surface area (Å²) in [4.78, 5) is 27.6. The smallest absolute Gasteiger partial charge is 0.244 e. The van der Waals surface area contributed by atoms with Crippen LogP contribution in [0.5, 0.6) is 0 Å². The van der Waals surface area contributed by atoms with E-state index in [0.29, 0.717) is 6.54 Å². The summed E-state index contributed by atoms with van der Waals surface area (Å²) in [5.41, 5.74) is 1.83. The molecule has 128 valence electrons. The van der Waals surface area contributed by atoms with Gasteiger partial charge in [-0.05, 0) is 31.1 Å². The van der Waals surface area contributed by atoms with Crippen molar-refractivity contribution in [3.8, 4) is 0 Å². The highest BCUT2D eigenvalue weighted by Gasteiger charge is 2.20. The van der Waals surface area contributed by atoms with Crippen LogP contribution in [0, 0.1) is 0 Å². The van der Waals surface area contributed by atoms with E-state index in [2.05, 4.69) is 26.1 Å². The molecule has 5 heteroatoms. The van der Waals surface area contributed by atoms with Crippen LogP contribution >= 0.6 is 0 Å². The molecule has 1 aromatic carbocycles. The van der Waals surface area contributed by atoms with Gasteiger partial charge in [-0.3, -0.25) is 9.59 Å². The minimum Gasteiger partial charge on any atom is -0.332 e. The maximum Gasteiger partial charge on any atom is 0.244 e. The average molecular weight is 319 g/mol. The number of likely N-dealkylation sites (N-methyl/N-ethyl adjacent to an activating group) is 1. The molecule has 0 aliphatic carbocycles. The monoisotopic (exact) mass is 319 g/mol. The fourth-order valence-corrected chi connectivity index (χ4v) is 2.28. The Morgan fingerprint density at radius 2 is 1.70 bits per heavy atom. The van der Waals surface area contributed by atoms with Crippen molar-refractivity contribution in [2.24, 2.45) is 0 Å². The Labute approximate surface area is 139 Å². The largest absolute Gasteiger partial charge is 0.332 e. The van der Waals surface area contributed by atoms with Gasteiger partial charge in [0.15, 0.2) is 0 Å². The first-order valence-corrected chi connectivity index (χ1v) is 7.91. The van der Waals surface area contributed by atoms with Crippen molar-refractivity contribution >= 4 is 17.5 Å². The molecule has 1 rings (SSSR count). The van der Waals surface area contributed by atoms with Crippen LogP contribution in [0.15, 0.2) is 24.3 Å². The van der Waals surface area contributed by atoms with Crippen molar-refractivity contribution in [1.29, 1.82) is 0 Å². The fourth-order valence-electron chi connectivity index (χ4n) is 2.28. The van der Waals surface area contributed by atoms with Crippen LogP contribution in [0.3, 0.4) is 0 Å². The molecule has 2 amide bonds. The van der Waals surface area contributed by atoms with Gasteiger partial charge in [0, 0.05) is 25.7 Å². The van der Waals surface area contributed by atoms with E-state index in [9.17, 15) is 9.59 Å². The van der Waals surface area contributed by atoms with E-state index in [1.165, 1.54) is 6.92 Å². The standard InChI is InChI=1S/C18H29N3O2/c1-14(22)21(12-11-20(5)6)13-17(23)19-16-10-8-7-9-15(16)18(2,3)4/h7-10H,11-13H2,1-6H3,(H,19,23). The Morgan fingerprint density at radius 3 is 2.22 bits per heavy atom. The Bertz CT molecular complexity index is 547. The number of carbonyl (C=O) groups excluding carboxylic acids is 2. The van der Waals surface area contributed by atoms with Crippen molar-refractivity contribution in [2.45, 2.75) is 33.1 Å². The maximum atomic E-state index is 12.3. The molecule has 1 N–H and O–H groups in total. The summed E-state index contributed by atoms with van der Waals surface area (Å²) < 4.78 is 0. The van der Waals surface area contributed by atoms with Gasteiger partial charge in [0.05, 0.1) is 6.54 Å². The van der Waals surface area contributed by atoms with Gasteiger partial charge in [0.2, 0.25) is 11.8 Å².